The van der Waals surface area contributed by atoms with Gasteiger partial charge in [-0.15, -0.1) is 0 Å². The molecule has 2 fully saturated rings. The summed E-state index contributed by atoms with van der Waals surface area (Å²) in [5.41, 5.74) is 1.28. The van der Waals surface area contributed by atoms with Crippen molar-refractivity contribution in [3.05, 3.63) is 69.9 Å². The molecule has 31 heavy (non-hydrogen) atoms. The van der Waals surface area contributed by atoms with Crippen LogP contribution in [0.1, 0.15) is 24.1 Å². The lowest BCUT2D eigenvalue weighted by molar-refractivity contribution is -0.132. The summed E-state index contributed by atoms with van der Waals surface area (Å²) < 4.78 is 14.8. The maximum absolute atomic E-state index is 14.8. The van der Waals surface area contributed by atoms with Crippen molar-refractivity contribution < 1.29 is 14.1 Å². The molecule has 160 valence electrons. The zero-order chi connectivity index (χ0) is 21.6. The molecule has 2 heterocycles. The topological polar surface area (TPSA) is 86.3 Å². The van der Waals surface area contributed by atoms with E-state index >= 15 is 0 Å². The van der Waals surface area contributed by atoms with Crippen molar-refractivity contribution in [3.8, 4) is 0 Å². The summed E-state index contributed by atoms with van der Waals surface area (Å²) >= 11 is 0. The molecule has 0 atom stereocenters. The minimum Gasteiger partial charge on any atom is -0.335 e. The first kappa shape index (κ1) is 20.3. The van der Waals surface area contributed by atoms with Crippen LogP contribution in [0.3, 0.4) is 0 Å². The Morgan fingerprint density at radius 1 is 1.16 bits per heavy atom. The van der Waals surface area contributed by atoms with Crippen molar-refractivity contribution in [2.75, 3.05) is 25.4 Å². The zero-order valence-corrected chi connectivity index (χ0v) is 17.9. The Hall–Kier alpha value is -2.63. The molecular weight excluding hydrogens is 416 g/mol. The van der Waals surface area contributed by atoms with Crippen molar-refractivity contribution in [3.63, 3.8) is 0 Å². The SMILES string of the molecule is O=C(C1CC1)N1CC[P+](O)(c2cc(Cc3n[nH]c(=O)c4ccccc34)ccc2F)CC1. The van der Waals surface area contributed by atoms with Gasteiger partial charge in [0.15, 0.2) is 18.6 Å². The minimum atomic E-state index is -2.68. The first-order valence-electron chi connectivity index (χ1n) is 10.6. The molecule has 0 radical (unpaired) electrons. The number of hydrogen-bond acceptors (Lipinski definition) is 4. The second-order valence-electron chi connectivity index (χ2n) is 8.48. The highest BCUT2D eigenvalue weighted by Crippen LogP contribution is 2.55. The van der Waals surface area contributed by atoms with Crippen LogP contribution in [0.5, 0.6) is 0 Å². The molecule has 1 amide bonds. The Bertz CT molecular complexity index is 1220. The number of benzene rings is 2. The van der Waals surface area contributed by atoms with Gasteiger partial charge in [-0.3, -0.25) is 9.59 Å². The van der Waals surface area contributed by atoms with Gasteiger partial charge < -0.3 is 4.90 Å². The summed E-state index contributed by atoms with van der Waals surface area (Å²) in [6, 6.07) is 12.1. The number of carbonyl (C=O) groups is 1. The van der Waals surface area contributed by atoms with E-state index in [2.05, 4.69) is 10.2 Å². The number of amides is 1. The number of aromatic nitrogens is 2. The van der Waals surface area contributed by atoms with Gasteiger partial charge in [0, 0.05) is 17.7 Å². The van der Waals surface area contributed by atoms with E-state index < -0.39 is 13.3 Å². The van der Waals surface area contributed by atoms with Crippen LogP contribution in [0, 0.1) is 11.7 Å². The van der Waals surface area contributed by atoms with E-state index in [-0.39, 0.29) is 17.4 Å². The lowest BCUT2D eigenvalue weighted by atomic mass is 10.0. The molecular formula is C23H24FN3O3P+. The summed E-state index contributed by atoms with van der Waals surface area (Å²) in [7, 11) is -2.68. The third kappa shape index (κ3) is 3.88. The molecule has 0 unspecified atom stereocenters. The smallest absolute Gasteiger partial charge is 0.272 e. The highest BCUT2D eigenvalue weighted by atomic mass is 31.2. The van der Waals surface area contributed by atoms with Crippen LogP contribution in [0.4, 0.5) is 4.39 Å². The fraction of sp³-hybridized carbons (Fsp3) is 0.348. The van der Waals surface area contributed by atoms with Gasteiger partial charge in [-0.2, -0.15) is 5.10 Å². The van der Waals surface area contributed by atoms with E-state index in [4.69, 9.17) is 0 Å². The van der Waals surface area contributed by atoms with Crippen molar-refractivity contribution >= 4 is 29.5 Å². The standard InChI is InChI=1S/C23H23FN3O3P/c24-19-8-5-15(13-20-17-3-1-2-4-18(17)22(28)26-25-20)14-21(19)31(30)11-9-27(10-12-31)23(29)16-6-7-16/h1-5,8,14,16,30H,6-7,9-13H2/p+1. The van der Waals surface area contributed by atoms with Crippen molar-refractivity contribution in [2.45, 2.75) is 19.3 Å². The molecule has 1 aromatic heterocycles. The zero-order valence-electron chi connectivity index (χ0n) is 17.1. The fourth-order valence-electron chi connectivity index (χ4n) is 4.33. The lowest BCUT2D eigenvalue weighted by Gasteiger charge is -2.32. The number of rotatable bonds is 4. The van der Waals surface area contributed by atoms with E-state index in [9.17, 15) is 18.9 Å². The van der Waals surface area contributed by atoms with Gasteiger partial charge in [0.2, 0.25) is 5.91 Å². The van der Waals surface area contributed by atoms with Crippen LogP contribution in [-0.2, 0) is 11.2 Å². The highest BCUT2D eigenvalue weighted by molar-refractivity contribution is 7.77. The number of nitrogens with one attached hydrogen (secondary N) is 1. The first-order valence-corrected chi connectivity index (χ1v) is 12.7. The number of H-pyrrole nitrogens is 1. The van der Waals surface area contributed by atoms with E-state index in [0.29, 0.717) is 48.2 Å². The molecule has 2 aliphatic rings. The summed E-state index contributed by atoms with van der Waals surface area (Å²) in [6.07, 6.45) is 3.17. The van der Waals surface area contributed by atoms with Gasteiger partial charge >= 0.3 is 0 Å². The van der Waals surface area contributed by atoms with Crippen molar-refractivity contribution in [2.24, 2.45) is 5.92 Å². The number of fused-ring (bicyclic) bond motifs is 1. The fourth-order valence-corrected chi connectivity index (χ4v) is 7.06. The quantitative estimate of drug-likeness (QED) is 0.611. The molecule has 1 aliphatic heterocycles. The van der Waals surface area contributed by atoms with Crippen LogP contribution < -0.4 is 10.9 Å². The third-order valence-corrected chi connectivity index (χ3v) is 9.44. The Kier molecular flexibility index (Phi) is 5.11. The number of hydrogen-bond donors (Lipinski definition) is 2. The predicted molar refractivity (Wildman–Crippen MR) is 119 cm³/mol. The molecule has 1 saturated carbocycles. The predicted octanol–water partition coefficient (Wildman–Crippen LogP) is 2.46. The molecule has 5 rings (SSSR count). The highest BCUT2D eigenvalue weighted by Gasteiger charge is 2.47. The summed E-state index contributed by atoms with van der Waals surface area (Å²) in [6.45, 7) is 0.963. The number of carbonyl (C=O) groups excluding carboxylic acids is 1. The average molecular weight is 440 g/mol. The Morgan fingerprint density at radius 3 is 2.58 bits per heavy atom. The molecule has 0 bridgehead atoms. The van der Waals surface area contributed by atoms with Gasteiger partial charge in [-0.1, -0.05) is 24.3 Å². The van der Waals surface area contributed by atoms with E-state index in [1.165, 1.54) is 6.07 Å². The van der Waals surface area contributed by atoms with Crippen LogP contribution >= 0.6 is 7.49 Å². The minimum absolute atomic E-state index is 0.157. The summed E-state index contributed by atoms with van der Waals surface area (Å²) in [5.74, 6) is -0.0680. The van der Waals surface area contributed by atoms with Crippen LogP contribution in [0.25, 0.3) is 10.8 Å². The number of aromatic amines is 1. The van der Waals surface area contributed by atoms with E-state index in [1.807, 2.05) is 17.0 Å². The Labute approximate surface area is 179 Å². The number of nitrogens with zero attached hydrogens (tertiary/aromatic N) is 2. The molecule has 0 spiro atoms. The molecule has 8 heteroatoms. The van der Waals surface area contributed by atoms with E-state index in [1.54, 1.807) is 24.3 Å². The lowest BCUT2D eigenvalue weighted by Crippen LogP contribution is -2.43. The third-order valence-electron chi connectivity index (χ3n) is 6.32. The first-order chi connectivity index (χ1) is 14.9. The largest absolute Gasteiger partial charge is 0.335 e. The Balaban J connectivity index is 1.41. The monoisotopic (exact) mass is 440 g/mol. The van der Waals surface area contributed by atoms with Gasteiger partial charge in [0.25, 0.3) is 5.56 Å². The summed E-state index contributed by atoms with van der Waals surface area (Å²) in [4.78, 5) is 37.5. The van der Waals surface area contributed by atoms with Gasteiger partial charge in [0.05, 0.1) is 24.2 Å². The van der Waals surface area contributed by atoms with Crippen LogP contribution in [0.2, 0.25) is 0 Å². The van der Waals surface area contributed by atoms with Crippen LogP contribution in [-0.4, -0.2) is 51.3 Å². The second kappa shape index (κ2) is 7.81. The van der Waals surface area contributed by atoms with Crippen LogP contribution in [0.15, 0.2) is 47.3 Å². The molecule has 1 aliphatic carbocycles. The van der Waals surface area contributed by atoms with Gasteiger partial charge in [0.1, 0.15) is 12.3 Å². The molecule has 3 aromatic rings. The molecule has 2 N–H and O–H groups in total. The van der Waals surface area contributed by atoms with Gasteiger partial charge in [-0.25, -0.2) is 14.4 Å². The van der Waals surface area contributed by atoms with Gasteiger partial charge in [-0.05, 0) is 36.6 Å². The van der Waals surface area contributed by atoms with Crippen molar-refractivity contribution in [1.82, 2.24) is 15.1 Å². The molecule has 1 saturated heterocycles. The maximum atomic E-state index is 14.8. The summed E-state index contributed by atoms with van der Waals surface area (Å²) in [5, 5.41) is 8.43. The average Bonchev–Trinajstić information content (AvgIpc) is 3.63. The second-order valence-corrected chi connectivity index (χ2v) is 11.7. The van der Waals surface area contributed by atoms with Crippen molar-refractivity contribution in [1.29, 1.82) is 0 Å². The molecule has 6 nitrogen and oxygen atoms in total. The van der Waals surface area contributed by atoms with E-state index in [0.717, 1.165) is 23.8 Å². The molecule has 2 aromatic carbocycles. The maximum Gasteiger partial charge on any atom is 0.272 e. The number of halogens is 1. The normalized spacial score (nSPS) is 18.3. The Morgan fingerprint density at radius 2 is 1.87 bits per heavy atom.